The maximum Gasteiger partial charge on any atom is 0.326 e. The molecule has 1 heterocycles. The van der Waals surface area contributed by atoms with Crippen LogP contribution in [0, 0.1) is 21.6 Å². The van der Waals surface area contributed by atoms with E-state index < -0.39 is 173 Å². The van der Waals surface area contributed by atoms with E-state index in [4.69, 9.17) is 67.5 Å². The Morgan fingerprint density at radius 2 is 0.689 bits per heavy atom. The van der Waals surface area contributed by atoms with Crippen molar-refractivity contribution in [2.24, 2.45) is 45.9 Å². The highest BCUT2D eigenvalue weighted by molar-refractivity contribution is 7.80. The number of likely N-dealkylation sites (tertiary alicyclic amines) is 1. The molecule has 0 unspecified atom stereocenters. The second-order valence-electron chi connectivity index (χ2n) is 31.7. The molecule has 0 aliphatic carbocycles. The molecule has 0 spiro atoms. The summed E-state index contributed by atoms with van der Waals surface area (Å²) in [4.78, 5) is 201. The standard InChI is InChI=1S/C84H131N29O17S2/c85-33-5-3-16-55(102-68(117)56(18-8-36-98-81(90)91)104-72(121)61(42-47-24-29-52(114)30-25-47)109-76(125)65(46-132)112-74(123)63(108-67(116)54(87)15-7-35-97-80(88)89)44-49-23-28-50-13-1-2-14-51(50)41-49)70(119)106-59(17-4-6-34-86)78(127)113-40-12-22-66(113)77(126)110-62(43-48-26-31-53(115)32-27-48)73(122)105-57(19-9-37-99-82(92)93)69(118)103-58(20-10-39-101-84(96)130)71(120)111-64(45-131)75(124)107-60(79(128)129)21-11-38-100-83(94)95/h1-2,13-14,23-32,41,54-66,114-115,131-132H,3-12,15-22,33-40,42-46,85-87H2,(H,102,117)(H,103,118)(H,104,121)(H,105,122)(H,106,119)(H,107,124)(H,108,116)(H,109,125)(H,110,126)(H,111,120)(H,112,123)(H,128,129)(H4,88,89,97)(H4,90,91,98)(H4,92,93,99)(H4,94,95,100)(H3,96,101,130)/t54-,55-,56-,57-,58-,59+,60-,61-,62-,63-,64-,65-,66-/m0/s1. The number of benzene rings is 4. The van der Waals surface area contributed by atoms with Gasteiger partial charge in [0, 0.05) is 70.0 Å². The minimum absolute atomic E-state index is 0.00131. The Morgan fingerprint density at radius 1 is 0.371 bits per heavy atom. The van der Waals surface area contributed by atoms with Crippen LogP contribution >= 0.6 is 25.3 Å². The molecule has 14 amide bonds. The minimum atomic E-state index is -1.59. The molecular formula is C84H131N29O17S2. The Labute approximate surface area is 775 Å². The van der Waals surface area contributed by atoms with Crippen molar-refractivity contribution in [1.29, 1.82) is 21.6 Å². The molecule has 39 N–H and O–H groups in total. The Hall–Kier alpha value is -13.2. The van der Waals surface area contributed by atoms with Crippen molar-refractivity contribution in [3.05, 3.63) is 108 Å². The number of primary amides is 1. The van der Waals surface area contributed by atoms with Crippen LogP contribution in [-0.2, 0) is 81.6 Å². The zero-order valence-corrected chi connectivity index (χ0v) is 75.4. The van der Waals surface area contributed by atoms with Crippen molar-refractivity contribution in [1.82, 2.24) is 90.0 Å². The molecule has 4 aromatic carbocycles. The topological polar surface area (TPSA) is 799 Å². The molecule has 4 aromatic rings. The van der Waals surface area contributed by atoms with Crippen molar-refractivity contribution >= 4 is 143 Å². The van der Waals surface area contributed by atoms with E-state index in [1.807, 2.05) is 36.4 Å². The first-order chi connectivity index (χ1) is 62.9. The van der Waals surface area contributed by atoms with Gasteiger partial charge >= 0.3 is 12.0 Å². The van der Waals surface area contributed by atoms with Crippen molar-refractivity contribution in [3.63, 3.8) is 0 Å². The minimum Gasteiger partial charge on any atom is -0.508 e. The molecule has 726 valence electrons. The average molecular weight is 1880 g/mol. The second kappa shape index (κ2) is 58.4. The first-order valence-corrected chi connectivity index (χ1v) is 44.8. The first kappa shape index (κ1) is 109. The third kappa shape index (κ3) is 40.0. The lowest BCUT2D eigenvalue weighted by molar-refractivity contribution is -0.142. The fourth-order valence-electron chi connectivity index (χ4n) is 14.2. The molecule has 0 aromatic heterocycles. The number of carbonyl (C=O) groups is 14. The number of guanidine groups is 4. The number of nitrogens with one attached hydrogen (secondary N) is 20. The molecule has 0 saturated carbocycles. The summed E-state index contributed by atoms with van der Waals surface area (Å²) in [5.41, 5.74) is 46.9. The molecule has 1 aliphatic heterocycles. The van der Waals surface area contributed by atoms with E-state index in [9.17, 15) is 53.7 Å². The predicted molar refractivity (Wildman–Crippen MR) is 500 cm³/mol. The number of fused-ring (bicyclic) bond motifs is 1. The molecular weight excluding hydrogens is 1750 g/mol. The third-order valence-electron chi connectivity index (χ3n) is 21.3. The summed E-state index contributed by atoms with van der Waals surface area (Å²) >= 11 is 8.65. The molecule has 0 radical (unpaired) electrons. The number of carboxylic acids is 1. The van der Waals surface area contributed by atoms with E-state index in [-0.39, 0.29) is 203 Å². The number of rotatable bonds is 60. The van der Waals surface area contributed by atoms with E-state index in [1.54, 1.807) is 6.07 Å². The number of phenolic OH excluding ortho intramolecular Hbond substituents is 2. The van der Waals surface area contributed by atoms with E-state index in [0.29, 0.717) is 36.0 Å². The van der Waals surface area contributed by atoms with Gasteiger partial charge in [0.05, 0.1) is 6.04 Å². The summed E-state index contributed by atoms with van der Waals surface area (Å²) < 4.78 is 0. The number of unbranched alkanes of at least 4 members (excludes halogenated alkanes) is 2. The van der Waals surface area contributed by atoms with Crippen molar-refractivity contribution in [3.8, 4) is 11.5 Å². The summed E-state index contributed by atoms with van der Waals surface area (Å²) in [6.07, 6.45) is 0.432. The van der Waals surface area contributed by atoms with E-state index in [2.05, 4.69) is 110 Å². The highest BCUT2D eigenvalue weighted by atomic mass is 32.1. The van der Waals surface area contributed by atoms with Gasteiger partial charge in [-0.15, -0.1) is 0 Å². The lowest BCUT2D eigenvalue weighted by Crippen LogP contribution is -2.61. The maximum atomic E-state index is 15.3. The number of phenols is 2. The second-order valence-corrected chi connectivity index (χ2v) is 32.5. The first-order valence-electron chi connectivity index (χ1n) is 43.6. The van der Waals surface area contributed by atoms with Gasteiger partial charge in [-0.05, 0) is 180 Å². The van der Waals surface area contributed by atoms with Gasteiger partial charge in [0.2, 0.25) is 70.9 Å². The van der Waals surface area contributed by atoms with E-state index in [0.717, 1.165) is 10.8 Å². The van der Waals surface area contributed by atoms with Crippen LogP contribution in [0.25, 0.3) is 10.8 Å². The van der Waals surface area contributed by atoms with E-state index >= 15 is 28.8 Å². The van der Waals surface area contributed by atoms with Gasteiger partial charge in [0.25, 0.3) is 0 Å². The number of aromatic hydroxyl groups is 2. The molecule has 46 nitrogen and oxygen atoms in total. The predicted octanol–water partition coefficient (Wildman–Crippen LogP) is -5.37. The molecule has 132 heavy (non-hydrogen) atoms. The molecule has 1 fully saturated rings. The van der Waals surface area contributed by atoms with Crippen LogP contribution in [-0.4, -0.2) is 269 Å². The highest BCUT2D eigenvalue weighted by Crippen LogP contribution is 2.24. The average Bonchev–Trinajstić information content (AvgIpc) is 1.59. The number of hydrogen-bond acceptors (Lipinski definition) is 25. The highest BCUT2D eigenvalue weighted by Gasteiger charge is 2.42. The number of nitrogens with two attached hydrogens (primary N) is 8. The zero-order valence-electron chi connectivity index (χ0n) is 73.6. The fraction of sp³-hybridized carbons (Fsp3) is 0.524. The van der Waals surface area contributed by atoms with E-state index in [1.165, 1.54) is 53.4 Å². The molecule has 1 saturated heterocycles. The third-order valence-corrected chi connectivity index (χ3v) is 22.0. The monoisotopic (exact) mass is 1880 g/mol. The number of urea groups is 1. The van der Waals surface area contributed by atoms with Crippen molar-refractivity contribution in [2.45, 2.75) is 213 Å². The van der Waals surface area contributed by atoms with Gasteiger partial charge in [-0.1, -0.05) is 66.7 Å². The quantitative estimate of drug-likeness (QED) is 0.00849. The van der Waals surface area contributed by atoms with Gasteiger partial charge in [0.1, 0.15) is 84.0 Å². The van der Waals surface area contributed by atoms with Crippen LogP contribution in [0.15, 0.2) is 91.0 Å². The Balaban J connectivity index is 1.44. The lowest BCUT2D eigenvalue weighted by Gasteiger charge is -2.31. The molecule has 48 heteroatoms. The summed E-state index contributed by atoms with van der Waals surface area (Å²) in [6, 6.07) is 4.24. The Kier molecular flexibility index (Phi) is 48.4. The maximum absolute atomic E-state index is 15.3. The number of amides is 14. The smallest absolute Gasteiger partial charge is 0.326 e. The van der Waals surface area contributed by atoms with Gasteiger partial charge in [-0.25, -0.2) is 9.59 Å². The van der Waals surface area contributed by atoms with Crippen LogP contribution in [0.3, 0.4) is 0 Å². The Morgan fingerprint density at radius 3 is 1.09 bits per heavy atom. The molecule has 1 aliphatic rings. The zero-order chi connectivity index (χ0) is 97.4. The fourth-order valence-corrected chi connectivity index (χ4v) is 14.7. The summed E-state index contributed by atoms with van der Waals surface area (Å²) in [7, 11) is 0. The van der Waals surface area contributed by atoms with Crippen molar-refractivity contribution < 1.29 is 82.4 Å². The molecule has 5 rings (SSSR count). The summed E-state index contributed by atoms with van der Waals surface area (Å²) in [5.74, 6) is -14.8. The SMILES string of the molecule is N=C(N)NCCC[C@H](NC(=O)[C@H](CS)NC(=O)[C@H](CCCNC(N)=O)NC(=O)[C@H](CCCNC(=N)N)NC(=O)[C@H](Cc1ccc(O)cc1)NC(=O)[C@@H]1CCCN1C(=O)[C@@H](CCCCN)NC(=O)[C@H](CCCCN)NC(=O)[C@H](CCCNC(=N)N)NC(=O)[C@H](Cc1ccc(O)cc1)NC(=O)[C@H](CS)NC(=O)[C@H](Cc1ccc2ccccc2c1)NC(=O)[C@@H](N)CCCNC(=N)N)C(=O)O. The van der Waals surface area contributed by atoms with Gasteiger partial charge in [-0.3, -0.25) is 79.2 Å². The van der Waals surface area contributed by atoms with Gasteiger partial charge in [-0.2, -0.15) is 25.3 Å². The van der Waals surface area contributed by atoms with Gasteiger partial charge < -0.3 is 151 Å². The number of nitrogens with zero attached hydrogens (tertiary/aromatic N) is 1. The molecule has 0 bridgehead atoms. The number of carbonyl (C=O) groups excluding carboxylic acids is 13. The normalized spacial score (nSPS) is 14.9. The number of aliphatic carboxylic acids is 1. The summed E-state index contributed by atoms with van der Waals surface area (Å²) in [6.45, 7) is 0.455. The number of thiol groups is 2. The summed E-state index contributed by atoms with van der Waals surface area (Å²) in [5, 5.41) is 105. The van der Waals surface area contributed by atoms with Crippen LogP contribution in [0.1, 0.15) is 132 Å². The largest absolute Gasteiger partial charge is 0.508 e. The molecule has 13 atom stereocenters. The van der Waals surface area contributed by atoms with Crippen LogP contribution in [0.2, 0.25) is 0 Å². The number of hydrogen-bond donors (Lipinski definition) is 33. The van der Waals surface area contributed by atoms with Crippen molar-refractivity contribution in [2.75, 3.05) is 63.9 Å². The lowest BCUT2D eigenvalue weighted by atomic mass is 10.00. The Bertz CT molecular complexity index is 4540. The van der Waals surface area contributed by atoms with Crippen LogP contribution in [0.4, 0.5) is 4.79 Å². The van der Waals surface area contributed by atoms with Gasteiger partial charge in [0.15, 0.2) is 23.8 Å². The van der Waals surface area contributed by atoms with Crippen LogP contribution in [0.5, 0.6) is 11.5 Å². The van der Waals surface area contributed by atoms with Crippen LogP contribution < -0.4 is 131 Å². The number of carboxylic acid groups (broad SMARTS) is 1.